The number of carbonyl (C=O) groups is 2. The highest BCUT2D eigenvalue weighted by Crippen LogP contribution is 2.17. The van der Waals surface area contributed by atoms with Crippen LogP contribution in [0.25, 0.3) is 0 Å². The lowest BCUT2D eigenvalue weighted by Crippen LogP contribution is -2.35. The summed E-state index contributed by atoms with van der Waals surface area (Å²) in [5.74, 6) is -1.29. The van der Waals surface area contributed by atoms with Crippen LogP contribution in [0, 0.1) is 0 Å². The molecule has 0 fully saturated rings. The van der Waals surface area contributed by atoms with Crippen LogP contribution >= 0.6 is 0 Å². The number of carboxylic acids is 1. The van der Waals surface area contributed by atoms with Gasteiger partial charge in [0.25, 0.3) is 0 Å². The third-order valence-corrected chi connectivity index (χ3v) is 3.04. The minimum atomic E-state index is -1.17. The van der Waals surface area contributed by atoms with Crippen LogP contribution in [0.4, 0.5) is 5.69 Å². The number of carbonyl (C=O) groups excluding carboxylic acids is 1. The van der Waals surface area contributed by atoms with E-state index < -0.39 is 11.5 Å². The lowest BCUT2D eigenvalue weighted by molar-refractivity contribution is -0.146. The summed E-state index contributed by atoms with van der Waals surface area (Å²) in [5.41, 5.74) is -0.729. The molecule has 0 aliphatic rings. The molecule has 1 amide bonds. The highest BCUT2D eigenvalue weighted by Gasteiger charge is 2.30. The summed E-state index contributed by atoms with van der Waals surface area (Å²) in [5, 5.41) is 15.7. The number of ether oxygens (including phenoxy) is 1. The molecule has 2 N–H and O–H groups in total. The number of anilines is 1. The Balaban J connectivity index is 2.60. The van der Waals surface area contributed by atoms with E-state index in [1.54, 1.807) is 0 Å². The first-order valence-corrected chi connectivity index (χ1v) is 6.47. The number of rotatable bonds is 7. The molecule has 7 heteroatoms. The third-order valence-electron chi connectivity index (χ3n) is 3.04. The monoisotopic (exact) mass is 283 g/mol. The van der Waals surface area contributed by atoms with Gasteiger partial charge in [0, 0.05) is 6.20 Å². The Bertz CT molecular complexity index is 482. The minimum Gasteiger partial charge on any atom is -0.479 e. The topological polar surface area (TPSA) is 93.5 Å². The predicted molar refractivity (Wildman–Crippen MR) is 73.5 cm³/mol. The molecule has 0 bridgehead atoms. The molecule has 0 aliphatic heterocycles. The summed E-state index contributed by atoms with van der Waals surface area (Å²) >= 11 is 0. The Kier molecular flexibility index (Phi) is 5.26. The number of aromatic nitrogens is 2. The van der Waals surface area contributed by atoms with Gasteiger partial charge in [0.05, 0.1) is 18.0 Å². The van der Waals surface area contributed by atoms with Gasteiger partial charge < -0.3 is 15.2 Å². The van der Waals surface area contributed by atoms with E-state index in [9.17, 15) is 9.59 Å². The van der Waals surface area contributed by atoms with Crippen molar-refractivity contribution < 1.29 is 19.4 Å². The van der Waals surface area contributed by atoms with Gasteiger partial charge in [-0.1, -0.05) is 6.92 Å². The number of hydrogen-bond acceptors (Lipinski definition) is 4. The molecular formula is C13H21N3O4. The van der Waals surface area contributed by atoms with Crippen molar-refractivity contribution in [3.8, 4) is 0 Å². The number of amides is 1. The van der Waals surface area contributed by atoms with E-state index in [0.29, 0.717) is 5.69 Å². The van der Waals surface area contributed by atoms with Crippen molar-refractivity contribution in [3.63, 3.8) is 0 Å². The van der Waals surface area contributed by atoms with E-state index in [1.165, 1.54) is 30.9 Å². The Morgan fingerprint density at radius 3 is 2.75 bits per heavy atom. The minimum absolute atomic E-state index is 0.0226. The van der Waals surface area contributed by atoms with E-state index in [1.807, 2.05) is 13.8 Å². The molecule has 0 radical (unpaired) electrons. The molecule has 1 atom stereocenters. The van der Waals surface area contributed by atoms with Gasteiger partial charge in [-0.05, 0) is 27.2 Å². The highest BCUT2D eigenvalue weighted by atomic mass is 16.5. The molecule has 0 saturated carbocycles. The van der Waals surface area contributed by atoms with E-state index in [2.05, 4.69) is 10.4 Å². The number of nitrogens with one attached hydrogen (secondary N) is 1. The number of hydrogen-bond donors (Lipinski definition) is 2. The summed E-state index contributed by atoms with van der Waals surface area (Å²) in [6.45, 7) is 6.88. The molecule has 7 nitrogen and oxygen atoms in total. The molecule has 1 aromatic rings. The fraction of sp³-hybridized carbons (Fsp3) is 0.615. The van der Waals surface area contributed by atoms with Crippen LogP contribution in [0.3, 0.4) is 0 Å². The largest absolute Gasteiger partial charge is 0.479 e. The van der Waals surface area contributed by atoms with Gasteiger partial charge in [-0.15, -0.1) is 0 Å². The van der Waals surface area contributed by atoms with E-state index in [-0.39, 0.29) is 18.6 Å². The van der Waals surface area contributed by atoms with E-state index >= 15 is 0 Å². The van der Waals surface area contributed by atoms with Crippen molar-refractivity contribution in [2.75, 3.05) is 11.9 Å². The Morgan fingerprint density at radius 1 is 1.55 bits per heavy atom. The van der Waals surface area contributed by atoms with Crippen molar-refractivity contribution in [3.05, 3.63) is 12.4 Å². The zero-order chi connectivity index (χ0) is 15.3. The number of carboxylic acid groups (broad SMARTS) is 1. The summed E-state index contributed by atoms with van der Waals surface area (Å²) < 4.78 is 6.60. The SMILES string of the molecule is CCC(C)OCC(=O)Nc1cnn(C(C)(C)C(=O)O)c1. The first-order chi connectivity index (χ1) is 9.27. The second-order valence-corrected chi connectivity index (χ2v) is 5.12. The van der Waals surface area contributed by atoms with Crippen LogP contribution < -0.4 is 5.32 Å². The van der Waals surface area contributed by atoms with Crippen molar-refractivity contribution in [2.45, 2.75) is 45.8 Å². The lowest BCUT2D eigenvalue weighted by Gasteiger charge is -2.19. The zero-order valence-corrected chi connectivity index (χ0v) is 12.2. The molecule has 20 heavy (non-hydrogen) atoms. The summed E-state index contributed by atoms with van der Waals surface area (Å²) in [6, 6.07) is 0. The second kappa shape index (κ2) is 6.51. The molecule has 0 saturated heterocycles. The van der Waals surface area contributed by atoms with Gasteiger partial charge in [-0.25, -0.2) is 4.79 Å². The first-order valence-electron chi connectivity index (χ1n) is 6.47. The van der Waals surface area contributed by atoms with Gasteiger partial charge in [0.1, 0.15) is 6.61 Å². The maximum Gasteiger partial charge on any atom is 0.331 e. The molecule has 0 spiro atoms. The van der Waals surface area contributed by atoms with Gasteiger partial charge >= 0.3 is 5.97 Å². The standard InChI is InChI=1S/C13H21N3O4/c1-5-9(2)20-8-11(17)15-10-6-14-16(7-10)13(3,4)12(18)19/h6-7,9H,5,8H2,1-4H3,(H,15,17)(H,18,19). The molecule has 112 valence electrons. The van der Waals surface area contributed by atoms with Crippen LogP contribution in [0.15, 0.2) is 12.4 Å². The average molecular weight is 283 g/mol. The van der Waals surface area contributed by atoms with Crippen LogP contribution in [0.1, 0.15) is 34.1 Å². The van der Waals surface area contributed by atoms with E-state index in [0.717, 1.165) is 6.42 Å². The molecule has 0 aromatic carbocycles. The summed E-state index contributed by atoms with van der Waals surface area (Å²) in [6.07, 6.45) is 3.74. The average Bonchev–Trinajstić information content (AvgIpc) is 2.84. The Morgan fingerprint density at radius 2 is 2.20 bits per heavy atom. The van der Waals surface area contributed by atoms with Gasteiger partial charge in [0.2, 0.25) is 5.91 Å². The van der Waals surface area contributed by atoms with Crippen LogP contribution in [-0.2, 0) is 19.9 Å². The molecule has 1 unspecified atom stereocenters. The number of nitrogens with zero attached hydrogens (tertiary/aromatic N) is 2. The van der Waals surface area contributed by atoms with Crippen LogP contribution in [0.2, 0.25) is 0 Å². The Hall–Kier alpha value is -1.89. The normalized spacial score (nSPS) is 13.0. The predicted octanol–water partition coefficient (Wildman–Crippen LogP) is 1.46. The molecular weight excluding hydrogens is 262 g/mol. The Labute approximate surface area is 117 Å². The van der Waals surface area contributed by atoms with Crippen LogP contribution in [-0.4, -0.2) is 39.5 Å². The number of aliphatic carboxylic acids is 1. The van der Waals surface area contributed by atoms with Gasteiger partial charge in [0.15, 0.2) is 5.54 Å². The van der Waals surface area contributed by atoms with Crippen molar-refractivity contribution in [2.24, 2.45) is 0 Å². The lowest BCUT2D eigenvalue weighted by atomic mass is 10.1. The van der Waals surface area contributed by atoms with Crippen molar-refractivity contribution in [1.82, 2.24) is 9.78 Å². The summed E-state index contributed by atoms with van der Waals surface area (Å²) in [4.78, 5) is 22.7. The molecule has 1 aromatic heterocycles. The second-order valence-electron chi connectivity index (χ2n) is 5.12. The molecule has 0 aliphatic carbocycles. The fourth-order valence-corrected chi connectivity index (χ4v) is 1.32. The van der Waals surface area contributed by atoms with Gasteiger partial charge in [-0.3, -0.25) is 9.48 Å². The maximum absolute atomic E-state index is 11.6. The third kappa shape index (κ3) is 4.06. The maximum atomic E-state index is 11.6. The molecule has 1 rings (SSSR count). The van der Waals surface area contributed by atoms with E-state index in [4.69, 9.17) is 9.84 Å². The zero-order valence-electron chi connectivity index (χ0n) is 12.2. The molecule has 1 heterocycles. The fourth-order valence-electron chi connectivity index (χ4n) is 1.32. The van der Waals surface area contributed by atoms with Gasteiger partial charge in [-0.2, -0.15) is 5.10 Å². The summed E-state index contributed by atoms with van der Waals surface area (Å²) in [7, 11) is 0. The van der Waals surface area contributed by atoms with Crippen molar-refractivity contribution >= 4 is 17.6 Å². The van der Waals surface area contributed by atoms with Crippen LogP contribution in [0.5, 0.6) is 0 Å². The quantitative estimate of drug-likeness (QED) is 0.790. The van der Waals surface area contributed by atoms with Crippen molar-refractivity contribution in [1.29, 1.82) is 0 Å². The first kappa shape index (κ1) is 16.2. The highest BCUT2D eigenvalue weighted by molar-refractivity contribution is 5.91. The smallest absolute Gasteiger partial charge is 0.331 e.